The minimum Gasteiger partial charge on any atom is -0.309 e. The topological polar surface area (TPSA) is 35.6 Å². The van der Waals surface area contributed by atoms with Crippen molar-refractivity contribution in [3.63, 3.8) is 0 Å². The molecule has 10 aromatic carbocycles. The van der Waals surface area contributed by atoms with Crippen molar-refractivity contribution in [3.8, 4) is 56.3 Å². The lowest BCUT2D eigenvalue weighted by Gasteiger charge is -2.13. The fourth-order valence-corrected chi connectivity index (χ4v) is 9.88. The van der Waals surface area contributed by atoms with Gasteiger partial charge in [-0.05, 0) is 88.3 Å². The van der Waals surface area contributed by atoms with E-state index in [1.807, 2.05) is 0 Å². The molecule has 0 N–H and O–H groups in total. The van der Waals surface area contributed by atoms with Crippen molar-refractivity contribution in [1.82, 2.24) is 19.1 Å². The Labute approximate surface area is 369 Å². The van der Waals surface area contributed by atoms with Gasteiger partial charge in [-0.1, -0.05) is 170 Å². The van der Waals surface area contributed by atoms with Crippen LogP contribution in [0.1, 0.15) is 0 Å². The SMILES string of the molecule is c1ccc(-c2nc(-c3ccc(-c4ccc5c(c4)c4ccccc4n5-c4ccccc4)cc3)nc3ccc(-c4ccc5c6ccc7ccccc7c6n(-c6ccccc6)c5c4)cc23)cc1. The lowest BCUT2D eigenvalue weighted by Crippen LogP contribution is -1.96. The van der Waals surface area contributed by atoms with Gasteiger partial charge in [0, 0.05) is 54.8 Å². The van der Waals surface area contributed by atoms with Crippen LogP contribution in [0.25, 0.3) is 122 Å². The zero-order chi connectivity index (χ0) is 42.1. The number of fused-ring (bicyclic) bond motifs is 9. The molecule has 4 nitrogen and oxygen atoms in total. The van der Waals surface area contributed by atoms with E-state index in [2.05, 4.69) is 240 Å². The van der Waals surface area contributed by atoms with Crippen molar-refractivity contribution in [2.45, 2.75) is 0 Å². The second-order valence-electron chi connectivity index (χ2n) is 16.6. The molecule has 0 aliphatic heterocycles. The Morgan fingerprint density at radius 2 is 0.828 bits per heavy atom. The van der Waals surface area contributed by atoms with E-state index < -0.39 is 0 Å². The highest BCUT2D eigenvalue weighted by Crippen LogP contribution is 2.40. The quantitative estimate of drug-likeness (QED) is 0.168. The maximum absolute atomic E-state index is 5.33. The third-order valence-corrected chi connectivity index (χ3v) is 12.9. The number of nitrogens with zero attached hydrogens (tertiary/aromatic N) is 4. The van der Waals surface area contributed by atoms with E-state index >= 15 is 0 Å². The predicted molar refractivity (Wildman–Crippen MR) is 267 cm³/mol. The molecule has 3 aromatic heterocycles. The van der Waals surface area contributed by atoms with E-state index in [1.165, 1.54) is 59.9 Å². The predicted octanol–water partition coefficient (Wildman–Crippen LogP) is 15.6. The smallest absolute Gasteiger partial charge is 0.160 e. The molecule has 13 rings (SSSR count). The molecule has 0 aliphatic rings. The summed E-state index contributed by atoms with van der Waals surface area (Å²) in [5.74, 6) is 0.702. The Kier molecular flexibility index (Phi) is 8.18. The summed E-state index contributed by atoms with van der Waals surface area (Å²) < 4.78 is 4.78. The zero-order valence-corrected chi connectivity index (χ0v) is 34.7. The van der Waals surface area contributed by atoms with Crippen molar-refractivity contribution in [3.05, 3.63) is 231 Å². The van der Waals surface area contributed by atoms with Crippen LogP contribution in [0.5, 0.6) is 0 Å². The van der Waals surface area contributed by atoms with Gasteiger partial charge in [-0.2, -0.15) is 0 Å². The lowest BCUT2D eigenvalue weighted by atomic mass is 9.98. The average molecular weight is 815 g/mol. The summed E-state index contributed by atoms with van der Waals surface area (Å²) in [7, 11) is 0. The molecule has 0 amide bonds. The highest BCUT2D eigenvalue weighted by molar-refractivity contribution is 6.19. The van der Waals surface area contributed by atoms with Crippen LogP contribution in [0.15, 0.2) is 231 Å². The standard InChI is InChI=1S/C60H38N4/c1-4-15-41(16-5-1)58-53-37-44(45-29-32-50-51-33-28-40-14-10-11-21-48(40)59(51)64(57(50)38-45)47-19-8-3-9-20-47)30-34-54(53)61-60(62-58)42-26-24-39(25-27-42)43-31-35-56-52(36-43)49-22-12-13-23-55(49)63(56)46-17-6-2-7-18-46/h1-38H. The van der Waals surface area contributed by atoms with Gasteiger partial charge >= 0.3 is 0 Å². The highest BCUT2D eigenvalue weighted by atomic mass is 15.0. The molecule has 4 heteroatoms. The van der Waals surface area contributed by atoms with Crippen molar-refractivity contribution < 1.29 is 0 Å². The van der Waals surface area contributed by atoms with Gasteiger partial charge in [-0.15, -0.1) is 0 Å². The summed E-state index contributed by atoms with van der Waals surface area (Å²) in [5, 5.41) is 8.44. The Hall–Kier alpha value is -8.60. The van der Waals surface area contributed by atoms with Gasteiger partial charge in [-0.3, -0.25) is 0 Å². The molecular weight excluding hydrogens is 777 g/mol. The van der Waals surface area contributed by atoms with Gasteiger partial charge < -0.3 is 9.13 Å². The third-order valence-electron chi connectivity index (χ3n) is 12.9. The van der Waals surface area contributed by atoms with E-state index in [9.17, 15) is 0 Å². The first-order valence-corrected chi connectivity index (χ1v) is 21.8. The fourth-order valence-electron chi connectivity index (χ4n) is 9.88. The molecule has 13 aromatic rings. The van der Waals surface area contributed by atoms with E-state index in [1.54, 1.807) is 0 Å². The molecule has 3 heterocycles. The van der Waals surface area contributed by atoms with E-state index in [4.69, 9.17) is 9.97 Å². The summed E-state index contributed by atoms with van der Waals surface area (Å²) >= 11 is 0. The molecule has 0 spiro atoms. The van der Waals surface area contributed by atoms with Gasteiger partial charge in [-0.25, -0.2) is 9.97 Å². The highest BCUT2D eigenvalue weighted by Gasteiger charge is 2.18. The lowest BCUT2D eigenvalue weighted by molar-refractivity contribution is 1.18. The number of para-hydroxylation sites is 3. The molecule has 0 saturated carbocycles. The second kappa shape index (κ2) is 14.5. The molecule has 0 atom stereocenters. The van der Waals surface area contributed by atoms with Crippen LogP contribution < -0.4 is 0 Å². The number of hydrogen-bond donors (Lipinski definition) is 0. The summed E-state index contributed by atoms with van der Waals surface area (Å²) in [6.45, 7) is 0. The number of hydrogen-bond acceptors (Lipinski definition) is 2. The molecular formula is C60H38N4. The normalized spacial score (nSPS) is 11.8. The van der Waals surface area contributed by atoms with Gasteiger partial charge in [0.2, 0.25) is 0 Å². The van der Waals surface area contributed by atoms with E-state index in [-0.39, 0.29) is 0 Å². The van der Waals surface area contributed by atoms with Crippen molar-refractivity contribution in [2.75, 3.05) is 0 Å². The minimum atomic E-state index is 0.702. The monoisotopic (exact) mass is 814 g/mol. The van der Waals surface area contributed by atoms with E-state index in [0.717, 1.165) is 55.8 Å². The average Bonchev–Trinajstić information content (AvgIpc) is 3.89. The van der Waals surface area contributed by atoms with Gasteiger partial charge in [0.1, 0.15) is 0 Å². The summed E-state index contributed by atoms with van der Waals surface area (Å²) in [5.41, 5.74) is 15.5. The molecule has 0 radical (unpaired) electrons. The molecule has 0 fully saturated rings. The maximum Gasteiger partial charge on any atom is 0.160 e. The Morgan fingerprint density at radius 1 is 0.281 bits per heavy atom. The van der Waals surface area contributed by atoms with Crippen LogP contribution in [-0.4, -0.2) is 19.1 Å². The van der Waals surface area contributed by atoms with Gasteiger partial charge in [0.25, 0.3) is 0 Å². The first kappa shape index (κ1) is 36.1. The second-order valence-corrected chi connectivity index (χ2v) is 16.6. The first-order valence-electron chi connectivity index (χ1n) is 21.8. The minimum absolute atomic E-state index is 0.702. The summed E-state index contributed by atoms with van der Waals surface area (Å²) in [6.07, 6.45) is 0. The van der Waals surface area contributed by atoms with Gasteiger partial charge in [0.15, 0.2) is 5.82 Å². The number of benzene rings is 10. The zero-order valence-electron chi connectivity index (χ0n) is 34.7. The summed E-state index contributed by atoms with van der Waals surface area (Å²) in [6, 6.07) is 82.7. The molecule has 298 valence electrons. The molecule has 0 aliphatic carbocycles. The summed E-state index contributed by atoms with van der Waals surface area (Å²) in [4.78, 5) is 10.5. The van der Waals surface area contributed by atoms with Crippen LogP contribution in [0.2, 0.25) is 0 Å². The number of aromatic nitrogens is 4. The fraction of sp³-hybridized carbons (Fsp3) is 0. The Balaban J connectivity index is 0.911. The van der Waals surface area contributed by atoms with Gasteiger partial charge in [0.05, 0.1) is 33.3 Å². The largest absolute Gasteiger partial charge is 0.309 e. The number of rotatable bonds is 6. The Morgan fingerprint density at radius 3 is 1.62 bits per heavy atom. The van der Waals surface area contributed by atoms with Crippen molar-refractivity contribution >= 4 is 65.3 Å². The van der Waals surface area contributed by atoms with Crippen LogP contribution in [0.4, 0.5) is 0 Å². The molecule has 64 heavy (non-hydrogen) atoms. The Bertz CT molecular complexity index is 3920. The molecule has 0 saturated heterocycles. The van der Waals surface area contributed by atoms with Crippen LogP contribution in [-0.2, 0) is 0 Å². The van der Waals surface area contributed by atoms with Crippen LogP contribution in [0.3, 0.4) is 0 Å². The third kappa shape index (κ3) is 5.77. The van der Waals surface area contributed by atoms with Crippen molar-refractivity contribution in [1.29, 1.82) is 0 Å². The van der Waals surface area contributed by atoms with E-state index in [0.29, 0.717) is 5.82 Å². The maximum atomic E-state index is 5.33. The first-order chi connectivity index (χ1) is 31.7. The molecule has 0 bridgehead atoms. The van der Waals surface area contributed by atoms with Crippen LogP contribution in [0, 0.1) is 0 Å². The van der Waals surface area contributed by atoms with Crippen LogP contribution >= 0.6 is 0 Å². The van der Waals surface area contributed by atoms with Crippen molar-refractivity contribution in [2.24, 2.45) is 0 Å². The molecule has 0 unspecified atom stereocenters.